The molecular formula is C27H18Cl6F9N3O3. The SMILES string of the molecule is O=C(Nc1ccc(F)c(NC(=O)C(F)(F)C(F)(F)C(F)(F)F)c1F)c1cc(NC(=O)[C@H]2[C@H](c3cc(Cl)c(Cl)c(Cl)c3)C2(Cl)Cl)ccc1Cl.[HH].[HH].[HH]. The number of rotatable bonds is 8. The lowest BCUT2D eigenvalue weighted by Gasteiger charge is -2.27. The molecule has 6 nitrogen and oxygen atoms in total. The van der Waals surface area contributed by atoms with Gasteiger partial charge in [-0.1, -0.05) is 46.4 Å². The van der Waals surface area contributed by atoms with Gasteiger partial charge in [-0.25, -0.2) is 8.78 Å². The van der Waals surface area contributed by atoms with Crippen LogP contribution < -0.4 is 16.0 Å². The minimum atomic E-state index is -6.92. The van der Waals surface area contributed by atoms with Crippen LogP contribution in [0, 0.1) is 17.6 Å². The van der Waals surface area contributed by atoms with Crippen molar-refractivity contribution in [3.63, 3.8) is 0 Å². The second kappa shape index (κ2) is 13.1. The number of hydrogen-bond acceptors (Lipinski definition) is 3. The summed E-state index contributed by atoms with van der Waals surface area (Å²) in [5, 5.41) is 4.83. The van der Waals surface area contributed by atoms with E-state index in [2.05, 4.69) is 5.32 Å². The number of hydrogen-bond donors (Lipinski definition) is 3. The van der Waals surface area contributed by atoms with E-state index in [0.717, 1.165) is 12.1 Å². The van der Waals surface area contributed by atoms with Crippen LogP contribution in [0.1, 0.15) is 26.1 Å². The van der Waals surface area contributed by atoms with Crippen LogP contribution in [0.4, 0.5) is 56.6 Å². The number of benzene rings is 3. The van der Waals surface area contributed by atoms with E-state index in [0.29, 0.717) is 16.9 Å². The first-order valence-corrected chi connectivity index (χ1v) is 14.8. The molecule has 0 heterocycles. The van der Waals surface area contributed by atoms with Crippen molar-refractivity contribution in [2.75, 3.05) is 16.0 Å². The molecule has 3 aromatic carbocycles. The van der Waals surface area contributed by atoms with E-state index in [9.17, 15) is 53.9 Å². The van der Waals surface area contributed by atoms with Crippen LogP contribution in [0.25, 0.3) is 0 Å². The van der Waals surface area contributed by atoms with Crippen molar-refractivity contribution in [2.24, 2.45) is 5.92 Å². The molecule has 0 bridgehead atoms. The Morgan fingerprint density at radius 1 is 0.771 bits per heavy atom. The molecular weight excluding hydrogens is 798 g/mol. The van der Waals surface area contributed by atoms with Gasteiger partial charge in [-0.15, -0.1) is 23.2 Å². The number of alkyl halides is 9. The third kappa shape index (κ3) is 6.94. The number of nitrogens with one attached hydrogen (secondary N) is 3. The summed E-state index contributed by atoms with van der Waals surface area (Å²) >= 11 is 36.8. The maximum atomic E-state index is 15.0. The largest absolute Gasteiger partial charge is 0.460 e. The highest BCUT2D eigenvalue weighted by Crippen LogP contribution is 2.65. The maximum absolute atomic E-state index is 15.0. The summed E-state index contributed by atoms with van der Waals surface area (Å²) in [6.45, 7) is 0. The summed E-state index contributed by atoms with van der Waals surface area (Å²) in [5.41, 5.74) is -3.15. The maximum Gasteiger partial charge on any atom is 0.460 e. The van der Waals surface area contributed by atoms with Gasteiger partial charge in [0, 0.05) is 15.9 Å². The molecule has 0 unspecified atom stereocenters. The van der Waals surface area contributed by atoms with Crippen LogP contribution in [-0.4, -0.2) is 40.1 Å². The average molecular weight is 816 g/mol. The Hall–Kier alpha value is -2.82. The van der Waals surface area contributed by atoms with Crippen LogP contribution in [0.5, 0.6) is 0 Å². The van der Waals surface area contributed by atoms with Crippen LogP contribution in [0.2, 0.25) is 20.1 Å². The Balaban J connectivity index is 0.00000433. The zero-order valence-corrected chi connectivity index (χ0v) is 27.1. The molecule has 0 saturated heterocycles. The monoisotopic (exact) mass is 813 g/mol. The fourth-order valence-electron chi connectivity index (χ4n) is 4.29. The molecule has 0 aromatic heterocycles. The van der Waals surface area contributed by atoms with E-state index in [-0.39, 0.29) is 36.1 Å². The van der Waals surface area contributed by atoms with Gasteiger partial charge in [-0.05, 0) is 48.0 Å². The zero-order chi connectivity index (χ0) is 36.3. The van der Waals surface area contributed by atoms with Crippen molar-refractivity contribution >= 4 is 104 Å². The molecule has 3 N–H and O–H groups in total. The van der Waals surface area contributed by atoms with Gasteiger partial charge in [-0.3, -0.25) is 14.4 Å². The molecule has 1 saturated carbocycles. The quantitative estimate of drug-likeness (QED) is 0.120. The molecule has 264 valence electrons. The first-order chi connectivity index (χ1) is 21.9. The number of carbonyl (C=O) groups is 3. The van der Waals surface area contributed by atoms with E-state index in [4.69, 9.17) is 69.6 Å². The van der Waals surface area contributed by atoms with Crippen molar-refractivity contribution in [1.82, 2.24) is 0 Å². The second-order valence-electron chi connectivity index (χ2n) is 9.95. The van der Waals surface area contributed by atoms with E-state index >= 15 is 0 Å². The molecule has 1 aliphatic rings. The topological polar surface area (TPSA) is 87.3 Å². The van der Waals surface area contributed by atoms with E-state index in [1.54, 1.807) is 0 Å². The van der Waals surface area contributed by atoms with Gasteiger partial charge in [0.25, 0.3) is 5.91 Å². The summed E-state index contributed by atoms with van der Waals surface area (Å²) in [7, 11) is 0. The molecule has 48 heavy (non-hydrogen) atoms. The number of carbonyl (C=O) groups excluding carboxylic acids is 3. The van der Waals surface area contributed by atoms with Gasteiger partial charge < -0.3 is 16.0 Å². The van der Waals surface area contributed by atoms with Crippen molar-refractivity contribution in [1.29, 1.82) is 0 Å². The fraction of sp³-hybridized carbons (Fsp3) is 0.222. The van der Waals surface area contributed by atoms with E-state index < -0.39 is 80.5 Å². The Morgan fingerprint density at radius 3 is 1.92 bits per heavy atom. The van der Waals surface area contributed by atoms with Crippen molar-refractivity contribution in [3.8, 4) is 0 Å². The van der Waals surface area contributed by atoms with Gasteiger partial charge in [0.2, 0.25) is 5.91 Å². The zero-order valence-electron chi connectivity index (χ0n) is 22.6. The predicted molar refractivity (Wildman–Crippen MR) is 167 cm³/mol. The Bertz CT molecular complexity index is 1840. The lowest BCUT2D eigenvalue weighted by molar-refractivity contribution is -0.343. The molecule has 0 spiro atoms. The standard InChI is InChI=1S/C27H12Cl6F9N3O3.3H2/c28-11-2-1-9(43-22(47)17-16(24(17,32)33)8-5-12(29)18(31)13(30)6-8)7-10(11)21(46)44-15-4-3-14(34)20(19(15)35)45-23(48)25(36,37)26(38,39)27(40,41)42;;;/h1-7,16-17H,(H,43,47)(H,44,46)(H,45,48);3*1H/t16-,17+;;;/m0.../s1. The highest BCUT2D eigenvalue weighted by molar-refractivity contribution is 6.54. The molecule has 2 atom stereocenters. The highest BCUT2D eigenvalue weighted by atomic mass is 35.5. The molecule has 21 heteroatoms. The van der Waals surface area contributed by atoms with Gasteiger partial charge >= 0.3 is 23.9 Å². The van der Waals surface area contributed by atoms with E-state index in [1.165, 1.54) is 18.2 Å². The highest BCUT2D eigenvalue weighted by Gasteiger charge is 2.76. The third-order valence-electron chi connectivity index (χ3n) is 6.79. The summed E-state index contributed by atoms with van der Waals surface area (Å²) in [5.74, 6) is -24.7. The van der Waals surface area contributed by atoms with Gasteiger partial charge in [0.15, 0.2) is 5.82 Å². The van der Waals surface area contributed by atoms with Crippen LogP contribution in [-0.2, 0) is 9.59 Å². The Labute approximate surface area is 297 Å². The van der Waals surface area contributed by atoms with Crippen molar-refractivity contribution in [3.05, 3.63) is 85.3 Å². The molecule has 3 aromatic rings. The normalized spacial score (nSPS) is 17.5. The minimum absolute atomic E-state index is 0. The Kier molecular flexibility index (Phi) is 10.4. The van der Waals surface area contributed by atoms with Crippen LogP contribution >= 0.6 is 69.6 Å². The number of anilines is 3. The van der Waals surface area contributed by atoms with Crippen LogP contribution in [0.15, 0.2) is 42.5 Å². The average Bonchev–Trinajstić information content (AvgIpc) is 3.56. The molecule has 0 aliphatic heterocycles. The van der Waals surface area contributed by atoms with Crippen molar-refractivity contribution < 1.29 is 58.2 Å². The van der Waals surface area contributed by atoms with Crippen molar-refractivity contribution in [2.45, 2.75) is 28.3 Å². The molecule has 1 aliphatic carbocycles. The predicted octanol–water partition coefficient (Wildman–Crippen LogP) is 10.9. The van der Waals surface area contributed by atoms with Gasteiger partial charge in [0.05, 0.1) is 37.3 Å². The summed E-state index contributed by atoms with van der Waals surface area (Å²) in [4.78, 5) is 37.7. The van der Waals surface area contributed by atoms with Crippen LogP contribution in [0.3, 0.4) is 0 Å². The van der Waals surface area contributed by atoms with Gasteiger partial charge in [0.1, 0.15) is 15.8 Å². The molecule has 3 amide bonds. The number of halogens is 15. The summed E-state index contributed by atoms with van der Waals surface area (Å²) in [6.07, 6.45) is -6.91. The third-order valence-corrected chi connectivity index (χ3v) is 9.26. The first-order valence-electron chi connectivity index (χ1n) is 12.5. The summed E-state index contributed by atoms with van der Waals surface area (Å²) < 4.78 is 119. The Morgan fingerprint density at radius 2 is 1.35 bits per heavy atom. The first kappa shape index (κ1) is 38.0. The van der Waals surface area contributed by atoms with E-state index in [1.807, 2.05) is 5.32 Å². The number of amides is 3. The molecule has 4 rings (SSSR count). The minimum Gasteiger partial charge on any atom is -0.326 e. The lowest BCUT2D eigenvalue weighted by Crippen LogP contribution is -2.57. The molecule has 0 radical (unpaired) electrons. The fourth-order valence-corrected chi connectivity index (χ4v) is 5.93. The second-order valence-corrected chi connectivity index (χ2v) is 13.0. The smallest absolute Gasteiger partial charge is 0.326 e. The summed E-state index contributed by atoms with van der Waals surface area (Å²) in [6, 6.07) is 6.92. The molecule has 1 fully saturated rings. The van der Waals surface area contributed by atoms with Gasteiger partial charge in [-0.2, -0.15) is 30.7 Å². The lowest BCUT2D eigenvalue weighted by atomic mass is 10.1.